The largest absolute Gasteiger partial charge is 0.377 e. The first kappa shape index (κ1) is 16.9. The Morgan fingerprint density at radius 2 is 1.61 bits per heavy atom. The molecule has 2 aliphatic heterocycles. The van der Waals surface area contributed by atoms with Crippen LogP contribution in [0.15, 0.2) is 30.3 Å². The lowest BCUT2D eigenvalue weighted by atomic mass is 10.2. The number of nitrogens with zero attached hydrogens (tertiary/aromatic N) is 3. The van der Waals surface area contributed by atoms with Crippen LogP contribution in [0.4, 0.5) is 0 Å². The second-order valence-corrected chi connectivity index (χ2v) is 6.94. The number of ether oxygens (including phenoxy) is 1. The average Bonchev–Trinajstić information content (AvgIpc) is 2.79. The number of rotatable bonds is 5. The second-order valence-electron chi connectivity index (χ2n) is 6.94. The van der Waals surface area contributed by atoms with Crippen LogP contribution in [-0.4, -0.2) is 79.8 Å². The fourth-order valence-corrected chi connectivity index (χ4v) is 3.58. The van der Waals surface area contributed by atoms with E-state index < -0.39 is 0 Å². The van der Waals surface area contributed by atoms with E-state index in [1.165, 1.54) is 57.8 Å². The van der Waals surface area contributed by atoms with Crippen molar-refractivity contribution in [1.29, 1.82) is 0 Å². The van der Waals surface area contributed by atoms with Crippen LogP contribution in [-0.2, 0) is 11.3 Å². The molecule has 4 heteroatoms. The highest BCUT2D eigenvalue weighted by Gasteiger charge is 2.19. The predicted molar refractivity (Wildman–Crippen MR) is 94.6 cm³/mol. The SMILES string of the molecule is C[C@@H]1CN(CCN2CCN(Cc3ccccc3)CC2)CCCO1. The quantitative estimate of drug-likeness (QED) is 0.826. The Morgan fingerprint density at radius 3 is 2.39 bits per heavy atom. The lowest BCUT2D eigenvalue weighted by molar-refractivity contribution is 0.0637. The molecule has 128 valence electrons. The molecule has 0 aliphatic carbocycles. The topological polar surface area (TPSA) is 19.0 Å². The molecule has 0 N–H and O–H groups in total. The van der Waals surface area contributed by atoms with Gasteiger partial charge >= 0.3 is 0 Å². The highest BCUT2D eigenvalue weighted by atomic mass is 16.5. The summed E-state index contributed by atoms with van der Waals surface area (Å²) in [7, 11) is 0. The molecule has 0 bridgehead atoms. The van der Waals surface area contributed by atoms with Crippen molar-refractivity contribution < 1.29 is 4.74 Å². The highest BCUT2D eigenvalue weighted by molar-refractivity contribution is 5.14. The summed E-state index contributed by atoms with van der Waals surface area (Å²) < 4.78 is 5.73. The molecule has 2 heterocycles. The van der Waals surface area contributed by atoms with Crippen LogP contribution in [0.2, 0.25) is 0 Å². The van der Waals surface area contributed by atoms with Gasteiger partial charge in [-0.2, -0.15) is 0 Å². The first-order valence-corrected chi connectivity index (χ1v) is 9.12. The maximum absolute atomic E-state index is 5.73. The first-order valence-electron chi connectivity index (χ1n) is 9.12. The minimum absolute atomic E-state index is 0.389. The van der Waals surface area contributed by atoms with Crippen LogP contribution in [0.5, 0.6) is 0 Å². The molecule has 2 aliphatic rings. The summed E-state index contributed by atoms with van der Waals surface area (Å²) in [6.45, 7) is 13.7. The summed E-state index contributed by atoms with van der Waals surface area (Å²) in [6, 6.07) is 10.8. The van der Waals surface area contributed by atoms with Gasteiger partial charge in [-0.1, -0.05) is 30.3 Å². The molecule has 0 aromatic heterocycles. The van der Waals surface area contributed by atoms with Crippen molar-refractivity contribution in [1.82, 2.24) is 14.7 Å². The smallest absolute Gasteiger partial charge is 0.0673 e. The maximum Gasteiger partial charge on any atom is 0.0673 e. The van der Waals surface area contributed by atoms with E-state index in [0.717, 1.165) is 19.7 Å². The minimum atomic E-state index is 0.389. The Balaban J connectivity index is 1.36. The molecule has 0 unspecified atom stereocenters. The van der Waals surface area contributed by atoms with Crippen LogP contribution < -0.4 is 0 Å². The molecule has 0 spiro atoms. The number of piperazine rings is 1. The molecule has 0 saturated carbocycles. The summed E-state index contributed by atoms with van der Waals surface area (Å²) in [6.07, 6.45) is 1.56. The van der Waals surface area contributed by atoms with Gasteiger partial charge in [0, 0.05) is 65.5 Å². The zero-order valence-electron chi connectivity index (χ0n) is 14.5. The summed E-state index contributed by atoms with van der Waals surface area (Å²) in [4.78, 5) is 7.78. The van der Waals surface area contributed by atoms with Gasteiger partial charge in [0.25, 0.3) is 0 Å². The highest BCUT2D eigenvalue weighted by Crippen LogP contribution is 2.09. The van der Waals surface area contributed by atoms with Crippen molar-refractivity contribution in [2.75, 3.05) is 59.0 Å². The molecule has 1 atom stereocenters. The third-order valence-electron chi connectivity index (χ3n) is 4.98. The molecule has 23 heavy (non-hydrogen) atoms. The van der Waals surface area contributed by atoms with Crippen molar-refractivity contribution in [3.05, 3.63) is 35.9 Å². The van der Waals surface area contributed by atoms with E-state index in [4.69, 9.17) is 4.74 Å². The van der Waals surface area contributed by atoms with Crippen molar-refractivity contribution in [2.45, 2.75) is 26.0 Å². The van der Waals surface area contributed by atoms with E-state index in [2.05, 4.69) is 52.0 Å². The Kier molecular flexibility index (Phi) is 6.46. The normalized spacial score (nSPS) is 25.3. The zero-order valence-corrected chi connectivity index (χ0v) is 14.5. The average molecular weight is 317 g/mol. The van der Waals surface area contributed by atoms with Crippen LogP contribution >= 0.6 is 0 Å². The van der Waals surface area contributed by atoms with E-state index in [9.17, 15) is 0 Å². The van der Waals surface area contributed by atoms with Gasteiger partial charge in [0.2, 0.25) is 0 Å². The van der Waals surface area contributed by atoms with Crippen molar-refractivity contribution in [3.63, 3.8) is 0 Å². The van der Waals surface area contributed by atoms with Crippen molar-refractivity contribution in [2.24, 2.45) is 0 Å². The van der Waals surface area contributed by atoms with E-state index in [1.54, 1.807) is 0 Å². The molecule has 1 aromatic carbocycles. The van der Waals surface area contributed by atoms with Gasteiger partial charge in [0.1, 0.15) is 0 Å². The van der Waals surface area contributed by atoms with E-state index in [-0.39, 0.29) is 0 Å². The monoisotopic (exact) mass is 317 g/mol. The molecular formula is C19H31N3O. The third-order valence-corrected chi connectivity index (χ3v) is 4.98. The lowest BCUT2D eigenvalue weighted by Gasteiger charge is -2.35. The van der Waals surface area contributed by atoms with Crippen LogP contribution in [0.25, 0.3) is 0 Å². The molecular weight excluding hydrogens is 286 g/mol. The van der Waals surface area contributed by atoms with Crippen molar-refractivity contribution >= 4 is 0 Å². The summed E-state index contributed by atoms with van der Waals surface area (Å²) in [5.41, 5.74) is 1.43. The van der Waals surface area contributed by atoms with E-state index in [0.29, 0.717) is 6.10 Å². The fraction of sp³-hybridized carbons (Fsp3) is 0.684. The van der Waals surface area contributed by atoms with Gasteiger partial charge in [-0.25, -0.2) is 0 Å². The zero-order chi connectivity index (χ0) is 15.9. The van der Waals surface area contributed by atoms with Crippen LogP contribution in [0.3, 0.4) is 0 Å². The van der Waals surface area contributed by atoms with Gasteiger partial charge < -0.3 is 4.74 Å². The molecule has 4 nitrogen and oxygen atoms in total. The maximum atomic E-state index is 5.73. The lowest BCUT2D eigenvalue weighted by Crippen LogP contribution is -2.48. The molecule has 3 rings (SSSR count). The van der Waals surface area contributed by atoms with Gasteiger partial charge in [-0.05, 0) is 18.9 Å². The Hall–Kier alpha value is -0.940. The number of hydrogen-bond acceptors (Lipinski definition) is 4. The molecule has 1 aromatic rings. The Bertz CT molecular complexity index is 445. The standard InChI is InChI=1S/C19H31N3O/c1-18-16-21(8-5-15-23-18)12-9-20-10-13-22(14-11-20)17-19-6-3-2-4-7-19/h2-4,6-7,18H,5,8-17H2,1H3/t18-/m1/s1. The van der Waals surface area contributed by atoms with Gasteiger partial charge in [0.05, 0.1) is 6.10 Å². The van der Waals surface area contributed by atoms with Gasteiger partial charge in [0.15, 0.2) is 0 Å². The Labute approximate surface area is 141 Å². The molecule has 2 fully saturated rings. The van der Waals surface area contributed by atoms with Crippen molar-refractivity contribution in [3.8, 4) is 0 Å². The summed E-state index contributed by atoms with van der Waals surface area (Å²) in [5, 5.41) is 0. The summed E-state index contributed by atoms with van der Waals surface area (Å²) in [5.74, 6) is 0. The molecule has 2 saturated heterocycles. The molecule has 0 radical (unpaired) electrons. The first-order chi connectivity index (χ1) is 11.3. The Morgan fingerprint density at radius 1 is 0.913 bits per heavy atom. The van der Waals surface area contributed by atoms with E-state index >= 15 is 0 Å². The van der Waals surface area contributed by atoms with Gasteiger partial charge in [-0.15, -0.1) is 0 Å². The van der Waals surface area contributed by atoms with Crippen LogP contribution in [0.1, 0.15) is 18.9 Å². The number of hydrogen-bond donors (Lipinski definition) is 0. The fourth-order valence-electron chi connectivity index (χ4n) is 3.58. The van der Waals surface area contributed by atoms with Crippen LogP contribution in [0, 0.1) is 0 Å². The predicted octanol–water partition coefficient (Wildman–Crippen LogP) is 1.91. The minimum Gasteiger partial charge on any atom is -0.377 e. The van der Waals surface area contributed by atoms with E-state index in [1.807, 2.05) is 0 Å². The van der Waals surface area contributed by atoms with Gasteiger partial charge in [-0.3, -0.25) is 14.7 Å². The molecule has 0 amide bonds. The third kappa shape index (κ3) is 5.57. The second kappa shape index (κ2) is 8.78. The summed E-state index contributed by atoms with van der Waals surface area (Å²) >= 11 is 0. The number of benzene rings is 1.